The first-order valence-electron chi connectivity index (χ1n) is 9.56. The zero-order valence-corrected chi connectivity index (χ0v) is 16.3. The van der Waals surface area contributed by atoms with Gasteiger partial charge in [-0.15, -0.1) is 0 Å². The standard InChI is InChI=1S/C22H30N2O3/c1-26-20-9-8-18(16-21(20)27-2)10-13-23-22(25)11-14-24(15-12-22)17-19-6-4-3-5-7-19/h3-9,16,23,25H,10-15,17H2,1-2H3. The van der Waals surface area contributed by atoms with Crippen LogP contribution < -0.4 is 14.8 Å². The van der Waals surface area contributed by atoms with Gasteiger partial charge in [-0.2, -0.15) is 0 Å². The minimum Gasteiger partial charge on any atom is -0.493 e. The zero-order valence-electron chi connectivity index (χ0n) is 16.3. The molecular weight excluding hydrogens is 340 g/mol. The Bertz CT molecular complexity index is 713. The van der Waals surface area contributed by atoms with Crippen molar-refractivity contribution in [3.05, 3.63) is 59.7 Å². The predicted molar refractivity (Wildman–Crippen MR) is 107 cm³/mol. The molecule has 2 aromatic carbocycles. The molecule has 0 radical (unpaired) electrons. The molecule has 3 rings (SSSR count). The van der Waals surface area contributed by atoms with Crippen molar-refractivity contribution in [2.45, 2.75) is 31.5 Å². The molecule has 5 nitrogen and oxygen atoms in total. The smallest absolute Gasteiger partial charge is 0.160 e. The van der Waals surface area contributed by atoms with Crippen LogP contribution in [0.25, 0.3) is 0 Å². The van der Waals surface area contributed by atoms with E-state index in [0.717, 1.165) is 62.5 Å². The second kappa shape index (κ2) is 9.22. The molecule has 5 heteroatoms. The molecular formula is C22H30N2O3. The molecule has 0 saturated carbocycles. The van der Waals surface area contributed by atoms with Gasteiger partial charge in [-0.1, -0.05) is 36.4 Å². The Morgan fingerprint density at radius 3 is 2.33 bits per heavy atom. The van der Waals surface area contributed by atoms with Crippen molar-refractivity contribution in [1.82, 2.24) is 10.2 Å². The van der Waals surface area contributed by atoms with E-state index in [-0.39, 0.29) is 0 Å². The van der Waals surface area contributed by atoms with Gasteiger partial charge >= 0.3 is 0 Å². The third-order valence-corrected chi connectivity index (χ3v) is 5.25. The van der Waals surface area contributed by atoms with E-state index in [1.165, 1.54) is 5.56 Å². The van der Waals surface area contributed by atoms with Gasteiger partial charge in [-0.05, 0) is 29.7 Å². The molecule has 2 aromatic rings. The number of hydrogen-bond donors (Lipinski definition) is 2. The van der Waals surface area contributed by atoms with Crippen molar-refractivity contribution in [2.24, 2.45) is 0 Å². The molecule has 27 heavy (non-hydrogen) atoms. The van der Waals surface area contributed by atoms with Crippen molar-refractivity contribution in [2.75, 3.05) is 33.9 Å². The molecule has 146 valence electrons. The van der Waals surface area contributed by atoms with Gasteiger partial charge in [0.15, 0.2) is 11.5 Å². The Labute approximate surface area is 161 Å². The summed E-state index contributed by atoms with van der Waals surface area (Å²) in [6.45, 7) is 3.47. The third-order valence-electron chi connectivity index (χ3n) is 5.25. The highest BCUT2D eigenvalue weighted by Crippen LogP contribution is 2.28. The molecule has 0 atom stereocenters. The van der Waals surface area contributed by atoms with Crippen molar-refractivity contribution in [3.63, 3.8) is 0 Å². The van der Waals surface area contributed by atoms with Gasteiger partial charge < -0.3 is 14.6 Å². The lowest BCUT2D eigenvalue weighted by molar-refractivity contribution is -0.0495. The largest absolute Gasteiger partial charge is 0.493 e. The summed E-state index contributed by atoms with van der Waals surface area (Å²) in [5.74, 6) is 1.47. The lowest BCUT2D eigenvalue weighted by atomic mass is 9.99. The average molecular weight is 370 g/mol. The first-order valence-corrected chi connectivity index (χ1v) is 9.56. The Kier molecular flexibility index (Phi) is 6.72. The van der Waals surface area contributed by atoms with E-state index in [4.69, 9.17) is 9.47 Å². The van der Waals surface area contributed by atoms with Gasteiger partial charge in [0.25, 0.3) is 0 Å². The molecule has 1 aliphatic rings. The van der Waals surface area contributed by atoms with E-state index < -0.39 is 5.72 Å². The fraction of sp³-hybridized carbons (Fsp3) is 0.455. The van der Waals surface area contributed by atoms with Gasteiger partial charge in [0.2, 0.25) is 0 Å². The Morgan fingerprint density at radius 1 is 0.963 bits per heavy atom. The van der Waals surface area contributed by atoms with Gasteiger partial charge in [-0.3, -0.25) is 10.2 Å². The van der Waals surface area contributed by atoms with Crippen LogP contribution in [0.3, 0.4) is 0 Å². The molecule has 0 amide bonds. The van der Waals surface area contributed by atoms with E-state index in [9.17, 15) is 5.11 Å². The number of aliphatic hydroxyl groups is 1. The van der Waals surface area contributed by atoms with Gasteiger partial charge in [0.1, 0.15) is 5.72 Å². The lowest BCUT2D eigenvalue weighted by Gasteiger charge is -2.39. The van der Waals surface area contributed by atoms with Crippen LogP contribution in [-0.4, -0.2) is 49.6 Å². The number of hydrogen-bond acceptors (Lipinski definition) is 5. The van der Waals surface area contributed by atoms with E-state index in [0.29, 0.717) is 0 Å². The van der Waals surface area contributed by atoms with Gasteiger partial charge in [-0.25, -0.2) is 0 Å². The van der Waals surface area contributed by atoms with Crippen LogP contribution >= 0.6 is 0 Å². The number of benzene rings is 2. The summed E-state index contributed by atoms with van der Waals surface area (Å²) < 4.78 is 10.6. The SMILES string of the molecule is COc1ccc(CCNC2(O)CCN(Cc3ccccc3)CC2)cc1OC. The first kappa shape index (κ1) is 19.7. The lowest BCUT2D eigenvalue weighted by Crippen LogP contribution is -2.53. The maximum atomic E-state index is 10.8. The minimum absolute atomic E-state index is 0.727. The molecule has 2 N–H and O–H groups in total. The van der Waals surface area contributed by atoms with Crippen LogP contribution in [0.15, 0.2) is 48.5 Å². The Hall–Kier alpha value is -2.08. The maximum absolute atomic E-state index is 10.8. The summed E-state index contributed by atoms with van der Waals surface area (Å²) >= 11 is 0. The number of likely N-dealkylation sites (tertiary alicyclic amines) is 1. The van der Waals surface area contributed by atoms with Crippen LogP contribution in [0.2, 0.25) is 0 Å². The number of ether oxygens (including phenoxy) is 2. The summed E-state index contributed by atoms with van der Waals surface area (Å²) in [6, 6.07) is 16.5. The molecule has 0 bridgehead atoms. The van der Waals surface area contributed by atoms with Gasteiger partial charge in [0, 0.05) is 39.0 Å². The van der Waals surface area contributed by atoms with E-state index in [1.54, 1.807) is 14.2 Å². The fourth-order valence-corrected chi connectivity index (χ4v) is 3.58. The van der Waals surface area contributed by atoms with E-state index in [1.807, 2.05) is 24.3 Å². The third kappa shape index (κ3) is 5.45. The second-order valence-electron chi connectivity index (χ2n) is 7.16. The minimum atomic E-state index is -0.774. The highest BCUT2D eigenvalue weighted by atomic mass is 16.5. The first-order chi connectivity index (χ1) is 13.1. The van der Waals surface area contributed by atoms with E-state index in [2.05, 4.69) is 34.5 Å². The molecule has 0 spiro atoms. The van der Waals surface area contributed by atoms with E-state index >= 15 is 0 Å². The summed E-state index contributed by atoms with van der Waals surface area (Å²) in [7, 11) is 3.28. The van der Waals surface area contributed by atoms with Crippen LogP contribution in [0.4, 0.5) is 0 Å². The van der Waals surface area contributed by atoms with Crippen molar-refractivity contribution >= 4 is 0 Å². The van der Waals surface area contributed by atoms with Crippen LogP contribution in [0, 0.1) is 0 Å². The fourth-order valence-electron chi connectivity index (χ4n) is 3.58. The number of nitrogens with zero attached hydrogens (tertiary/aromatic N) is 1. The highest BCUT2D eigenvalue weighted by molar-refractivity contribution is 5.42. The molecule has 1 saturated heterocycles. The van der Waals surface area contributed by atoms with Crippen molar-refractivity contribution in [3.8, 4) is 11.5 Å². The number of piperidine rings is 1. The molecule has 0 aromatic heterocycles. The van der Waals surface area contributed by atoms with Crippen molar-refractivity contribution in [1.29, 1.82) is 0 Å². The van der Waals surface area contributed by atoms with Crippen LogP contribution in [0.1, 0.15) is 24.0 Å². The molecule has 1 fully saturated rings. The monoisotopic (exact) mass is 370 g/mol. The summed E-state index contributed by atoms with van der Waals surface area (Å²) in [4.78, 5) is 2.40. The second-order valence-corrected chi connectivity index (χ2v) is 7.16. The predicted octanol–water partition coefficient (Wildman–Crippen LogP) is 2.82. The topological polar surface area (TPSA) is 54.0 Å². The number of rotatable bonds is 8. The molecule has 1 heterocycles. The molecule has 1 aliphatic heterocycles. The van der Waals surface area contributed by atoms with Crippen LogP contribution in [-0.2, 0) is 13.0 Å². The highest BCUT2D eigenvalue weighted by Gasteiger charge is 2.31. The molecule has 0 unspecified atom stereocenters. The molecule has 0 aliphatic carbocycles. The van der Waals surface area contributed by atoms with Crippen LogP contribution in [0.5, 0.6) is 11.5 Å². The summed E-state index contributed by atoms with van der Waals surface area (Å²) in [5.41, 5.74) is 1.71. The Balaban J connectivity index is 1.45. The Morgan fingerprint density at radius 2 is 1.67 bits per heavy atom. The number of methoxy groups -OCH3 is 2. The van der Waals surface area contributed by atoms with Crippen molar-refractivity contribution < 1.29 is 14.6 Å². The summed E-state index contributed by atoms with van der Waals surface area (Å²) in [5, 5.41) is 14.2. The maximum Gasteiger partial charge on any atom is 0.160 e. The normalized spacial score (nSPS) is 16.9. The van der Waals surface area contributed by atoms with Gasteiger partial charge in [0.05, 0.1) is 14.2 Å². The zero-order chi connectivity index (χ0) is 19.1. The summed E-state index contributed by atoms with van der Waals surface area (Å²) in [6.07, 6.45) is 2.31. The average Bonchev–Trinajstić information content (AvgIpc) is 2.70. The quantitative estimate of drug-likeness (QED) is 0.700. The number of nitrogens with one attached hydrogen (secondary N) is 1.